The summed E-state index contributed by atoms with van der Waals surface area (Å²) in [4.78, 5) is 29.3. The summed E-state index contributed by atoms with van der Waals surface area (Å²) >= 11 is 0. The van der Waals surface area contributed by atoms with Gasteiger partial charge in [0, 0.05) is 26.2 Å². The van der Waals surface area contributed by atoms with Gasteiger partial charge in [-0.3, -0.25) is 9.59 Å². The van der Waals surface area contributed by atoms with Gasteiger partial charge >= 0.3 is 0 Å². The maximum Gasteiger partial charge on any atom is 0.295 e. The zero-order valence-electron chi connectivity index (χ0n) is 19.4. The minimum Gasteiger partial charge on any atom is -0.507 e. The highest BCUT2D eigenvalue weighted by molar-refractivity contribution is 7.89. The lowest BCUT2D eigenvalue weighted by Gasteiger charge is -2.24. The Bertz CT molecular complexity index is 1180. The molecule has 1 atom stereocenters. The van der Waals surface area contributed by atoms with Crippen molar-refractivity contribution in [3.8, 4) is 0 Å². The van der Waals surface area contributed by atoms with E-state index in [1.165, 1.54) is 43.3 Å². The van der Waals surface area contributed by atoms with Crippen LogP contribution in [0.15, 0.2) is 51.3 Å². The van der Waals surface area contributed by atoms with Gasteiger partial charge in [0.15, 0.2) is 0 Å². The molecule has 3 rings (SSSR count). The van der Waals surface area contributed by atoms with Crippen LogP contribution in [0.5, 0.6) is 0 Å². The summed E-state index contributed by atoms with van der Waals surface area (Å²) in [6.07, 6.45) is 0.632. The number of hydrogen-bond acceptors (Lipinski definition) is 7. The predicted molar refractivity (Wildman–Crippen MR) is 123 cm³/mol. The van der Waals surface area contributed by atoms with E-state index >= 15 is 0 Å². The van der Waals surface area contributed by atoms with Crippen LogP contribution in [-0.2, 0) is 19.6 Å². The molecule has 1 aromatic carbocycles. The lowest BCUT2D eigenvalue weighted by atomic mass is 9.99. The lowest BCUT2D eigenvalue weighted by Crippen LogP contribution is -2.32. The summed E-state index contributed by atoms with van der Waals surface area (Å²) in [5, 5.41) is 11.1. The van der Waals surface area contributed by atoms with Crippen LogP contribution in [-0.4, -0.2) is 80.6 Å². The number of sulfonamides is 1. The van der Waals surface area contributed by atoms with E-state index in [-0.39, 0.29) is 21.8 Å². The second kappa shape index (κ2) is 9.50. The van der Waals surface area contributed by atoms with Crippen molar-refractivity contribution in [2.24, 2.45) is 0 Å². The molecule has 1 N–H and O–H groups in total. The van der Waals surface area contributed by atoms with E-state index in [4.69, 9.17) is 4.42 Å². The van der Waals surface area contributed by atoms with Crippen LogP contribution in [0.1, 0.15) is 29.5 Å². The molecule has 1 amide bonds. The molecule has 1 fully saturated rings. The van der Waals surface area contributed by atoms with Crippen LogP contribution in [0, 0.1) is 6.92 Å². The van der Waals surface area contributed by atoms with Gasteiger partial charge in [0.25, 0.3) is 11.7 Å². The average Bonchev–Trinajstić information content (AvgIpc) is 3.29. The van der Waals surface area contributed by atoms with Gasteiger partial charge in [0.2, 0.25) is 10.0 Å². The summed E-state index contributed by atoms with van der Waals surface area (Å²) in [6.45, 7) is 2.78. The molecule has 0 aliphatic carbocycles. The first kappa shape index (κ1) is 24.7. The number of ketones is 1. The Morgan fingerprint density at radius 3 is 2.21 bits per heavy atom. The molecule has 0 bridgehead atoms. The van der Waals surface area contributed by atoms with Gasteiger partial charge in [0.1, 0.15) is 23.3 Å². The summed E-state index contributed by atoms with van der Waals surface area (Å²) in [7, 11) is 3.03. The number of carbonyl (C=O) groups excluding carboxylic acids is 2. The molecule has 0 spiro atoms. The van der Waals surface area contributed by atoms with Crippen molar-refractivity contribution in [2.45, 2.75) is 24.3 Å². The quantitative estimate of drug-likeness (QED) is 0.354. The molecule has 1 aromatic heterocycles. The standard InChI is InChI=1S/C23H29N3O6S/c1-15-7-12-18(32-15)20-19(22(28)23(29)26(20)14-6-13-24(2)3)21(27)16-8-10-17(11-9-16)33(30,31)25(4)5/h7-12,20,27H,6,13-14H2,1-5H3/t20-/m0/s1. The number of aliphatic hydroxyl groups excluding tert-OH is 1. The highest BCUT2D eigenvalue weighted by Crippen LogP contribution is 2.40. The normalized spacial score (nSPS) is 18.6. The van der Waals surface area contributed by atoms with Gasteiger partial charge in [-0.2, -0.15) is 0 Å². The van der Waals surface area contributed by atoms with Crippen molar-refractivity contribution < 1.29 is 27.5 Å². The van der Waals surface area contributed by atoms with E-state index in [2.05, 4.69) is 0 Å². The second-order valence-corrected chi connectivity index (χ2v) is 10.6. The second-order valence-electron chi connectivity index (χ2n) is 8.41. The van der Waals surface area contributed by atoms with Gasteiger partial charge in [0.05, 0.1) is 10.5 Å². The molecule has 33 heavy (non-hydrogen) atoms. The number of carbonyl (C=O) groups is 2. The third-order valence-corrected chi connectivity index (χ3v) is 7.31. The van der Waals surface area contributed by atoms with E-state index in [0.29, 0.717) is 31.0 Å². The first-order valence-electron chi connectivity index (χ1n) is 10.5. The first-order valence-corrected chi connectivity index (χ1v) is 11.9. The Balaban J connectivity index is 2.05. The maximum atomic E-state index is 13.0. The topological polar surface area (TPSA) is 111 Å². The Hall–Kier alpha value is -2.95. The lowest BCUT2D eigenvalue weighted by molar-refractivity contribution is -0.140. The third kappa shape index (κ3) is 4.87. The van der Waals surface area contributed by atoms with Crippen molar-refractivity contribution in [1.29, 1.82) is 0 Å². The van der Waals surface area contributed by atoms with Crippen LogP contribution in [0.4, 0.5) is 0 Å². The zero-order valence-corrected chi connectivity index (χ0v) is 20.2. The van der Waals surface area contributed by atoms with E-state index in [1.54, 1.807) is 19.1 Å². The van der Waals surface area contributed by atoms with Crippen molar-refractivity contribution in [3.63, 3.8) is 0 Å². The average molecular weight is 476 g/mol. The van der Waals surface area contributed by atoms with E-state index < -0.39 is 27.8 Å². The molecule has 2 heterocycles. The molecule has 1 saturated heterocycles. The Labute approximate surface area is 193 Å². The van der Waals surface area contributed by atoms with Crippen molar-refractivity contribution >= 4 is 27.5 Å². The number of amides is 1. The number of rotatable bonds is 8. The van der Waals surface area contributed by atoms with Crippen molar-refractivity contribution in [2.75, 3.05) is 41.3 Å². The fourth-order valence-electron chi connectivity index (χ4n) is 3.72. The molecular weight excluding hydrogens is 446 g/mol. The molecular formula is C23H29N3O6S. The van der Waals surface area contributed by atoms with Crippen LogP contribution in [0.2, 0.25) is 0 Å². The number of likely N-dealkylation sites (tertiary alicyclic amines) is 1. The third-order valence-electron chi connectivity index (χ3n) is 5.48. The number of aliphatic hydroxyl groups is 1. The maximum absolute atomic E-state index is 13.0. The molecule has 9 nitrogen and oxygen atoms in total. The smallest absolute Gasteiger partial charge is 0.295 e. The molecule has 2 aromatic rings. The highest BCUT2D eigenvalue weighted by Gasteiger charge is 2.47. The predicted octanol–water partition coefficient (Wildman–Crippen LogP) is 2.21. The molecule has 0 unspecified atom stereocenters. The van der Waals surface area contributed by atoms with Gasteiger partial charge in [-0.25, -0.2) is 12.7 Å². The molecule has 10 heteroatoms. The summed E-state index contributed by atoms with van der Waals surface area (Å²) < 4.78 is 31.5. The molecule has 0 saturated carbocycles. The monoisotopic (exact) mass is 475 g/mol. The zero-order chi connectivity index (χ0) is 24.5. The fourth-order valence-corrected chi connectivity index (χ4v) is 4.62. The van der Waals surface area contributed by atoms with Crippen LogP contribution in [0.3, 0.4) is 0 Å². The molecule has 1 aliphatic heterocycles. The number of Topliss-reactive ketones (excluding diaryl/α,β-unsaturated/α-hetero) is 1. The molecule has 0 radical (unpaired) electrons. The summed E-state index contributed by atoms with van der Waals surface area (Å²) in [5.41, 5.74) is 0.148. The van der Waals surface area contributed by atoms with Crippen LogP contribution in [0.25, 0.3) is 5.76 Å². The van der Waals surface area contributed by atoms with Crippen molar-refractivity contribution in [1.82, 2.24) is 14.1 Å². The van der Waals surface area contributed by atoms with Gasteiger partial charge < -0.3 is 19.3 Å². The van der Waals surface area contributed by atoms with E-state index in [0.717, 1.165) is 4.31 Å². The minimum absolute atomic E-state index is 0.0476. The van der Waals surface area contributed by atoms with Gasteiger partial charge in [-0.05, 0) is 70.4 Å². The molecule has 178 valence electrons. The Morgan fingerprint density at radius 1 is 1.06 bits per heavy atom. The van der Waals surface area contributed by atoms with E-state index in [1.807, 2.05) is 19.0 Å². The number of furan rings is 1. The van der Waals surface area contributed by atoms with E-state index in [9.17, 15) is 23.1 Å². The number of aryl methyl sites for hydroxylation is 1. The number of benzene rings is 1. The van der Waals surface area contributed by atoms with Crippen LogP contribution < -0.4 is 0 Å². The largest absolute Gasteiger partial charge is 0.507 e. The fraction of sp³-hybridized carbons (Fsp3) is 0.391. The minimum atomic E-state index is -3.65. The van der Waals surface area contributed by atoms with Crippen molar-refractivity contribution in [3.05, 3.63) is 59.1 Å². The molecule has 1 aliphatic rings. The highest BCUT2D eigenvalue weighted by atomic mass is 32.2. The van der Waals surface area contributed by atoms with Gasteiger partial charge in [-0.1, -0.05) is 0 Å². The first-order chi connectivity index (χ1) is 15.4. The Morgan fingerprint density at radius 2 is 1.70 bits per heavy atom. The van der Waals surface area contributed by atoms with Crippen LogP contribution >= 0.6 is 0 Å². The Kier molecular flexibility index (Phi) is 7.11. The number of hydrogen-bond donors (Lipinski definition) is 1. The van der Waals surface area contributed by atoms with Gasteiger partial charge in [-0.15, -0.1) is 0 Å². The summed E-state index contributed by atoms with van der Waals surface area (Å²) in [6, 6.07) is 8.07. The SMILES string of the molecule is Cc1ccc([C@H]2C(=C(O)c3ccc(S(=O)(=O)N(C)C)cc3)C(=O)C(=O)N2CCCN(C)C)o1. The summed E-state index contributed by atoms with van der Waals surface area (Å²) in [5.74, 6) is -0.897. The number of nitrogens with zero attached hydrogens (tertiary/aromatic N) is 3.